The number of rotatable bonds is 5. The predicted molar refractivity (Wildman–Crippen MR) is 91.4 cm³/mol. The molecule has 130 valence electrons. The zero-order chi connectivity index (χ0) is 17.9. The number of likely N-dealkylation sites (tertiary alicyclic amines) is 1. The third-order valence-electron chi connectivity index (χ3n) is 3.88. The Morgan fingerprint density at radius 3 is 2.54 bits per heavy atom. The van der Waals surface area contributed by atoms with Crippen molar-refractivity contribution < 1.29 is 24.2 Å². The highest BCUT2D eigenvalue weighted by Gasteiger charge is 2.42. The number of halogens is 1. The van der Waals surface area contributed by atoms with Crippen molar-refractivity contribution in [2.24, 2.45) is 5.92 Å². The molecule has 0 spiro atoms. The van der Waals surface area contributed by atoms with Gasteiger partial charge in [-0.15, -0.1) is 0 Å². The van der Waals surface area contributed by atoms with Gasteiger partial charge in [0, 0.05) is 23.1 Å². The fourth-order valence-corrected chi connectivity index (χ4v) is 2.81. The zero-order valence-electron chi connectivity index (χ0n) is 13.0. The van der Waals surface area contributed by atoms with Crippen molar-refractivity contribution in [2.75, 3.05) is 12.3 Å². The highest BCUT2D eigenvalue weighted by atomic mass is 35.5. The molecule has 0 radical (unpaired) electrons. The Hall–Kier alpha value is -1.73. The summed E-state index contributed by atoms with van der Waals surface area (Å²) in [5.41, 5.74) is 0.319. The van der Waals surface area contributed by atoms with Crippen molar-refractivity contribution >= 4 is 42.1 Å². The molecule has 0 aliphatic carbocycles. The molecule has 2 unspecified atom stereocenters. The lowest BCUT2D eigenvalue weighted by Gasteiger charge is -2.23. The van der Waals surface area contributed by atoms with Gasteiger partial charge in [0.05, 0.1) is 12.1 Å². The number of carboxylic acid groups (broad SMARTS) is 1. The zero-order valence-corrected chi connectivity index (χ0v) is 14.7. The van der Waals surface area contributed by atoms with Crippen molar-refractivity contribution in [3.63, 3.8) is 0 Å². The molecule has 3 atom stereocenters. The molecule has 6 nitrogen and oxygen atoms in total. The number of amides is 1. The molecule has 1 aromatic rings. The molecule has 1 saturated heterocycles. The van der Waals surface area contributed by atoms with Gasteiger partial charge in [0.2, 0.25) is 5.91 Å². The van der Waals surface area contributed by atoms with Crippen LogP contribution < -0.4 is 0 Å². The molecule has 8 heteroatoms. The summed E-state index contributed by atoms with van der Waals surface area (Å²) in [4.78, 5) is 37.1. The Morgan fingerprint density at radius 1 is 1.38 bits per heavy atom. The number of ether oxygens (including phenoxy) is 1. The van der Waals surface area contributed by atoms with E-state index in [-0.39, 0.29) is 18.9 Å². The van der Waals surface area contributed by atoms with Gasteiger partial charge < -0.3 is 14.7 Å². The fraction of sp³-hybridized carbons (Fsp3) is 0.438. The molecule has 1 heterocycles. The maximum Gasteiger partial charge on any atom is 0.338 e. The highest BCUT2D eigenvalue weighted by molar-refractivity contribution is 7.80. The summed E-state index contributed by atoms with van der Waals surface area (Å²) in [6, 6.07) is 5.19. The van der Waals surface area contributed by atoms with Crippen LogP contribution in [-0.4, -0.2) is 52.3 Å². The van der Waals surface area contributed by atoms with Crippen molar-refractivity contribution in [3.05, 3.63) is 34.9 Å². The van der Waals surface area contributed by atoms with Crippen LogP contribution in [0.2, 0.25) is 5.02 Å². The van der Waals surface area contributed by atoms with Crippen LogP contribution >= 0.6 is 24.2 Å². The predicted octanol–water partition coefficient (Wildman–Crippen LogP) is 2.12. The van der Waals surface area contributed by atoms with E-state index in [1.807, 2.05) is 0 Å². The highest BCUT2D eigenvalue weighted by Crippen LogP contribution is 2.24. The lowest BCUT2D eigenvalue weighted by atomic mass is 10.1. The molecular weight excluding hydrogens is 354 g/mol. The average Bonchev–Trinajstić information content (AvgIpc) is 2.98. The summed E-state index contributed by atoms with van der Waals surface area (Å²) < 4.78 is 5.35. The molecule has 1 N–H and O–H groups in total. The summed E-state index contributed by atoms with van der Waals surface area (Å²) in [6.45, 7) is 1.74. The Bertz CT molecular complexity index is 636. The van der Waals surface area contributed by atoms with E-state index in [0.29, 0.717) is 16.3 Å². The van der Waals surface area contributed by atoms with Gasteiger partial charge in [-0.05, 0) is 24.3 Å². The third kappa shape index (κ3) is 4.21. The van der Waals surface area contributed by atoms with E-state index in [1.165, 1.54) is 17.0 Å². The summed E-state index contributed by atoms with van der Waals surface area (Å²) in [6.07, 6.45) is -0.593. The number of hydrogen-bond donors (Lipinski definition) is 2. The fourth-order valence-electron chi connectivity index (χ4n) is 2.53. The number of nitrogens with zero attached hydrogens (tertiary/aromatic N) is 1. The van der Waals surface area contributed by atoms with Crippen molar-refractivity contribution in [1.82, 2.24) is 4.90 Å². The molecule has 1 aliphatic rings. The van der Waals surface area contributed by atoms with E-state index in [4.69, 9.17) is 16.3 Å². The van der Waals surface area contributed by atoms with E-state index < -0.39 is 30.0 Å². The first-order chi connectivity index (χ1) is 11.3. The van der Waals surface area contributed by atoms with Gasteiger partial charge in [-0.1, -0.05) is 18.5 Å². The topological polar surface area (TPSA) is 83.9 Å². The smallest absolute Gasteiger partial charge is 0.338 e. The van der Waals surface area contributed by atoms with Gasteiger partial charge in [0.1, 0.15) is 12.1 Å². The summed E-state index contributed by atoms with van der Waals surface area (Å²) in [5, 5.41) is 9.81. The number of hydrogen-bond acceptors (Lipinski definition) is 5. The summed E-state index contributed by atoms with van der Waals surface area (Å²) in [5.74, 6) is -2.07. The molecule has 1 amide bonds. The minimum atomic E-state index is -1.11. The number of thiol groups is 1. The Balaban J connectivity index is 2.07. The van der Waals surface area contributed by atoms with Crippen LogP contribution in [0.4, 0.5) is 0 Å². The largest absolute Gasteiger partial charge is 0.480 e. The van der Waals surface area contributed by atoms with Crippen molar-refractivity contribution in [1.29, 1.82) is 0 Å². The van der Waals surface area contributed by atoms with Crippen molar-refractivity contribution in [2.45, 2.75) is 25.5 Å². The number of aliphatic carboxylic acids is 1. The van der Waals surface area contributed by atoms with Crippen LogP contribution in [0.1, 0.15) is 23.7 Å². The van der Waals surface area contributed by atoms with Crippen LogP contribution in [0.15, 0.2) is 24.3 Å². The number of carboxylic acids is 1. The van der Waals surface area contributed by atoms with E-state index in [2.05, 4.69) is 12.6 Å². The molecule has 0 aromatic heterocycles. The Morgan fingerprint density at radius 2 is 2.00 bits per heavy atom. The number of esters is 1. The molecule has 24 heavy (non-hydrogen) atoms. The van der Waals surface area contributed by atoms with Gasteiger partial charge in [0.25, 0.3) is 0 Å². The first-order valence-electron chi connectivity index (χ1n) is 7.44. The van der Waals surface area contributed by atoms with Crippen LogP contribution in [-0.2, 0) is 14.3 Å². The SMILES string of the molecule is CC(CS)C(=O)N1CC(OC(=O)c2ccc(Cl)cc2)C[C@H]1C(=O)O. The Kier molecular flexibility index (Phi) is 6.12. The second-order valence-corrected chi connectivity index (χ2v) is 6.50. The van der Waals surface area contributed by atoms with Gasteiger partial charge >= 0.3 is 11.9 Å². The number of benzene rings is 1. The van der Waals surface area contributed by atoms with E-state index >= 15 is 0 Å². The van der Waals surface area contributed by atoms with Gasteiger partial charge in [-0.3, -0.25) is 4.79 Å². The minimum absolute atomic E-state index is 0.0627. The van der Waals surface area contributed by atoms with Crippen LogP contribution in [0.25, 0.3) is 0 Å². The minimum Gasteiger partial charge on any atom is -0.480 e. The molecule has 1 aliphatic heterocycles. The van der Waals surface area contributed by atoms with E-state index in [1.54, 1.807) is 19.1 Å². The molecular formula is C16H18ClNO5S. The lowest BCUT2D eigenvalue weighted by Crippen LogP contribution is -2.43. The third-order valence-corrected chi connectivity index (χ3v) is 4.68. The number of carbonyl (C=O) groups excluding carboxylic acids is 2. The molecule has 2 rings (SSSR count). The molecule has 1 aromatic carbocycles. The second kappa shape index (κ2) is 7.90. The maximum absolute atomic E-state index is 12.3. The molecule has 0 saturated carbocycles. The van der Waals surface area contributed by atoms with E-state index in [9.17, 15) is 19.5 Å². The maximum atomic E-state index is 12.3. The van der Waals surface area contributed by atoms with Crippen LogP contribution in [0.5, 0.6) is 0 Å². The average molecular weight is 372 g/mol. The van der Waals surface area contributed by atoms with E-state index in [0.717, 1.165) is 0 Å². The van der Waals surface area contributed by atoms with Crippen LogP contribution in [0, 0.1) is 5.92 Å². The van der Waals surface area contributed by atoms with Crippen LogP contribution in [0.3, 0.4) is 0 Å². The first kappa shape index (κ1) is 18.6. The lowest BCUT2D eigenvalue weighted by molar-refractivity contribution is -0.149. The molecule has 1 fully saturated rings. The normalized spacial score (nSPS) is 21.4. The monoisotopic (exact) mass is 371 g/mol. The quantitative estimate of drug-likeness (QED) is 0.611. The van der Waals surface area contributed by atoms with Gasteiger partial charge in [-0.2, -0.15) is 12.6 Å². The number of carbonyl (C=O) groups is 3. The Labute approximate surface area is 150 Å². The second-order valence-electron chi connectivity index (χ2n) is 5.70. The molecule has 0 bridgehead atoms. The standard InChI is InChI=1S/C16H18ClNO5S/c1-9(8-24)14(19)18-7-12(6-13(18)15(20)21)23-16(22)10-2-4-11(17)5-3-10/h2-5,9,12-13,24H,6-8H2,1H3,(H,20,21)/t9?,12?,13-/m0/s1. The van der Waals surface area contributed by atoms with Crippen molar-refractivity contribution in [3.8, 4) is 0 Å². The van der Waals surface area contributed by atoms with Gasteiger partial charge in [0.15, 0.2) is 0 Å². The van der Waals surface area contributed by atoms with Gasteiger partial charge in [-0.25, -0.2) is 9.59 Å². The first-order valence-corrected chi connectivity index (χ1v) is 8.45. The summed E-state index contributed by atoms with van der Waals surface area (Å²) >= 11 is 9.84. The summed E-state index contributed by atoms with van der Waals surface area (Å²) in [7, 11) is 0.